The van der Waals surface area contributed by atoms with Crippen molar-refractivity contribution in [2.45, 2.75) is 19.5 Å². The van der Waals surface area contributed by atoms with Crippen molar-refractivity contribution in [3.63, 3.8) is 0 Å². The SMILES string of the molecule is CC(NC(=O)c1ccccc1)c1nc2ccccc2n1CC(=O)c1ccc(Cl)cc1. The predicted molar refractivity (Wildman–Crippen MR) is 118 cm³/mol. The number of aromatic nitrogens is 2. The third-order valence-corrected chi connectivity index (χ3v) is 5.17. The number of hydrogen-bond donors (Lipinski definition) is 1. The lowest BCUT2D eigenvalue weighted by Gasteiger charge is -2.16. The number of rotatable bonds is 6. The van der Waals surface area contributed by atoms with Crippen molar-refractivity contribution in [1.29, 1.82) is 0 Å². The first-order valence-electron chi connectivity index (χ1n) is 9.63. The van der Waals surface area contributed by atoms with Crippen LogP contribution in [0.25, 0.3) is 11.0 Å². The number of halogens is 1. The van der Waals surface area contributed by atoms with E-state index >= 15 is 0 Å². The van der Waals surface area contributed by atoms with Crippen molar-refractivity contribution in [3.8, 4) is 0 Å². The summed E-state index contributed by atoms with van der Waals surface area (Å²) in [6.07, 6.45) is 0. The number of ketones is 1. The average Bonchev–Trinajstić information content (AvgIpc) is 3.13. The molecule has 6 heteroatoms. The van der Waals surface area contributed by atoms with Crippen LogP contribution in [-0.2, 0) is 6.54 Å². The average molecular weight is 418 g/mol. The number of nitrogens with one attached hydrogen (secondary N) is 1. The Balaban J connectivity index is 1.65. The summed E-state index contributed by atoms with van der Waals surface area (Å²) < 4.78 is 1.86. The maximum Gasteiger partial charge on any atom is 0.251 e. The van der Waals surface area contributed by atoms with Gasteiger partial charge >= 0.3 is 0 Å². The summed E-state index contributed by atoms with van der Waals surface area (Å²) in [5, 5.41) is 3.56. The Labute approximate surface area is 179 Å². The first-order valence-corrected chi connectivity index (χ1v) is 10.0. The number of fused-ring (bicyclic) bond motifs is 1. The van der Waals surface area contributed by atoms with Crippen molar-refractivity contribution in [2.75, 3.05) is 0 Å². The van der Waals surface area contributed by atoms with Gasteiger partial charge in [-0.25, -0.2) is 4.98 Å². The highest BCUT2D eigenvalue weighted by atomic mass is 35.5. The van der Waals surface area contributed by atoms with Gasteiger partial charge in [-0.15, -0.1) is 0 Å². The fourth-order valence-corrected chi connectivity index (χ4v) is 3.52. The van der Waals surface area contributed by atoms with E-state index < -0.39 is 0 Å². The third-order valence-electron chi connectivity index (χ3n) is 4.92. The number of benzene rings is 3. The Hall–Kier alpha value is -3.44. The largest absolute Gasteiger partial charge is 0.342 e. The lowest BCUT2D eigenvalue weighted by Crippen LogP contribution is -2.29. The van der Waals surface area contributed by atoms with Gasteiger partial charge in [0.15, 0.2) is 5.78 Å². The van der Waals surface area contributed by atoms with Crippen LogP contribution in [0.15, 0.2) is 78.9 Å². The van der Waals surface area contributed by atoms with Gasteiger partial charge in [-0.2, -0.15) is 0 Å². The Morgan fingerprint density at radius 3 is 2.33 bits per heavy atom. The van der Waals surface area contributed by atoms with Gasteiger partial charge in [0.2, 0.25) is 0 Å². The van der Waals surface area contributed by atoms with Crippen molar-refractivity contribution in [2.24, 2.45) is 0 Å². The molecule has 0 radical (unpaired) electrons. The minimum atomic E-state index is -0.386. The highest BCUT2D eigenvalue weighted by molar-refractivity contribution is 6.30. The van der Waals surface area contributed by atoms with Gasteiger partial charge in [-0.05, 0) is 55.5 Å². The van der Waals surface area contributed by atoms with E-state index in [2.05, 4.69) is 5.32 Å². The summed E-state index contributed by atoms with van der Waals surface area (Å²) in [6.45, 7) is 1.98. The first-order chi connectivity index (χ1) is 14.5. The van der Waals surface area contributed by atoms with Gasteiger partial charge < -0.3 is 9.88 Å². The smallest absolute Gasteiger partial charge is 0.251 e. The number of amides is 1. The Bertz CT molecular complexity index is 1200. The van der Waals surface area contributed by atoms with Crippen LogP contribution in [0.1, 0.15) is 39.5 Å². The quantitative estimate of drug-likeness (QED) is 0.446. The molecule has 5 nitrogen and oxygen atoms in total. The molecule has 1 heterocycles. The van der Waals surface area contributed by atoms with E-state index in [1.165, 1.54) is 0 Å². The molecule has 0 saturated carbocycles. The molecule has 0 aliphatic carbocycles. The minimum absolute atomic E-state index is 0.0577. The lowest BCUT2D eigenvalue weighted by molar-refractivity contribution is 0.0937. The van der Waals surface area contributed by atoms with E-state index in [1.54, 1.807) is 36.4 Å². The van der Waals surface area contributed by atoms with Crippen LogP contribution in [0.3, 0.4) is 0 Å². The van der Waals surface area contributed by atoms with Gasteiger partial charge in [0.05, 0.1) is 23.6 Å². The summed E-state index contributed by atoms with van der Waals surface area (Å²) in [4.78, 5) is 30.2. The van der Waals surface area contributed by atoms with E-state index in [1.807, 2.05) is 54.0 Å². The van der Waals surface area contributed by atoms with E-state index in [4.69, 9.17) is 16.6 Å². The van der Waals surface area contributed by atoms with Gasteiger partial charge in [-0.3, -0.25) is 9.59 Å². The second kappa shape index (κ2) is 8.51. The fraction of sp³-hybridized carbons (Fsp3) is 0.125. The monoisotopic (exact) mass is 417 g/mol. The van der Waals surface area contributed by atoms with E-state index in [0.29, 0.717) is 22.0 Å². The highest BCUT2D eigenvalue weighted by Crippen LogP contribution is 2.22. The number of imidazole rings is 1. The van der Waals surface area contributed by atoms with Gasteiger partial charge in [0.1, 0.15) is 5.82 Å². The normalized spacial score (nSPS) is 11.9. The molecule has 1 amide bonds. The Morgan fingerprint density at radius 1 is 0.933 bits per heavy atom. The molecule has 0 bridgehead atoms. The third kappa shape index (κ3) is 4.11. The molecule has 0 aliphatic heterocycles. The van der Waals surface area contributed by atoms with Crippen molar-refractivity contribution in [1.82, 2.24) is 14.9 Å². The maximum absolute atomic E-state index is 12.9. The van der Waals surface area contributed by atoms with Crippen LogP contribution < -0.4 is 5.32 Å². The molecule has 3 aromatic carbocycles. The van der Waals surface area contributed by atoms with E-state index in [0.717, 1.165) is 11.0 Å². The van der Waals surface area contributed by atoms with Crippen LogP contribution in [0, 0.1) is 0 Å². The van der Waals surface area contributed by atoms with E-state index in [9.17, 15) is 9.59 Å². The molecule has 1 atom stereocenters. The molecule has 0 aliphatic rings. The Morgan fingerprint density at radius 2 is 1.60 bits per heavy atom. The molecule has 0 spiro atoms. The van der Waals surface area contributed by atoms with Gasteiger partial charge in [-0.1, -0.05) is 41.9 Å². The first kappa shape index (κ1) is 19.9. The number of carbonyl (C=O) groups excluding carboxylic acids is 2. The lowest BCUT2D eigenvalue weighted by atomic mass is 10.1. The topological polar surface area (TPSA) is 64.0 Å². The molecule has 1 N–H and O–H groups in total. The summed E-state index contributed by atoms with van der Waals surface area (Å²) >= 11 is 5.94. The van der Waals surface area contributed by atoms with Crippen molar-refractivity contribution < 1.29 is 9.59 Å². The standard InChI is InChI=1S/C24H20ClN3O2/c1-16(26-24(30)18-7-3-2-4-8-18)23-27-20-9-5-6-10-21(20)28(23)15-22(29)17-11-13-19(25)14-12-17/h2-14,16H,15H2,1H3,(H,26,30). The Kier molecular flexibility index (Phi) is 5.63. The molecule has 1 aromatic heterocycles. The van der Waals surface area contributed by atoms with Crippen molar-refractivity contribution in [3.05, 3.63) is 101 Å². The number of hydrogen-bond acceptors (Lipinski definition) is 3. The molecule has 0 saturated heterocycles. The van der Waals surface area contributed by atoms with Crippen LogP contribution in [0.5, 0.6) is 0 Å². The molecule has 4 aromatic rings. The number of carbonyl (C=O) groups is 2. The predicted octanol–water partition coefficient (Wildman–Crippen LogP) is 5.06. The zero-order valence-corrected chi connectivity index (χ0v) is 17.1. The second-order valence-corrected chi connectivity index (χ2v) is 7.47. The molecular weight excluding hydrogens is 398 g/mol. The molecule has 30 heavy (non-hydrogen) atoms. The van der Waals surface area contributed by atoms with Gasteiger partial charge in [0.25, 0.3) is 5.91 Å². The molecule has 0 fully saturated rings. The minimum Gasteiger partial charge on any atom is -0.342 e. The summed E-state index contributed by atoms with van der Waals surface area (Å²) in [7, 11) is 0. The molecule has 150 valence electrons. The summed E-state index contributed by atoms with van der Waals surface area (Å²) in [6, 6.07) is 23.1. The van der Waals surface area contributed by atoms with E-state index in [-0.39, 0.29) is 24.3 Å². The zero-order valence-electron chi connectivity index (χ0n) is 16.4. The van der Waals surface area contributed by atoms with Crippen LogP contribution in [-0.4, -0.2) is 21.2 Å². The number of nitrogens with zero attached hydrogens (tertiary/aromatic N) is 2. The number of para-hydroxylation sites is 2. The fourth-order valence-electron chi connectivity index (χ4n) is 3.40. The van der Waals surface area contributed by atoms with Gasteiger partial charge in [0, 0.05) is 16.1 Å². The summed E-state index contributed by atoms with van der Waals surface area (Å²) in [5.41, 5.74) is 2.76. The van der Waals surface area contributed by atoms with Crippen LogP contribution >= 0.6 is 11.6 Å². The summed E-state index contributed by atoms with van der Waals surface area (Å²) in [5.74, 6) is 0.381. The maximum atomic E-state index is 12.9. The van der Waals surface area contributed by atoms with Crippen LogP contribution in [0.2, 0.25) is 5.02 Å². The highest BCUT2D eigenvalue weighted by Gasteiger charge is 2.21. The number of Topliss-reactive ketones (excluding diaryl/α,β-unsaturated/α-hetero) is 1. The van der Waals surface area contributed by atoms with Crippen LogP contribution in [0.4, 0.5) is 0 Å². The zero-order chi connectivity index (χ0) is 21.1. The molecule has 1 unspecified atom stereocenters. The second-order valence-electron chi connectivity index (χ2n) is 7.04. The van der Waals surface area contributed by atoms with Crippen molar-refractivity contribution >= 4 is 34.3 Å². The molecular formula is C24H20ClN3O2. The molecule has 4 rings (SSSR count).